The van der Waals surface area contributed by atoms with E-state index < -0.39 is 0 Å². The van der Waals surface area contributed by atoms with Crippen molar-refractivity contribution in [2.75, 3.05) is 27.4 Å². The van der Waals surface area contributed by atoms with E-state index in [1.165, 1.54) is 11.1 Å². The fourth-order valence-electron chi connectivity index (χ4n) is 2.80. The van der Waals surface area contributed by atoms with E-state index in [-0.39, 0.29) is 0 Å². The zero-order chi connectivity index (χ0) is 15.4. The van der Waals surface area contributed by atoms with Gasteiger partial charge in [0.2, 0.25) is 0 Å². The van der Waals surface area contributed by atoms with Crippen LogP contribution in [0.3, 0.4) is 0 Å². The van der Waals surface area contributed by atoms with Crippen molar-refractivity contribution >= 4 is 0 Å². The molecule has 1 aliphatic rings. The van der Waals surface area contributed by atoms with Gasteiger partial charge in [0.1, 0.15) is 0 Å². The van der Waals surface area contributed by atoms with Gasteiger partial charge in [-0.2, -0.15) is 0 Å². The first-order chi connectivity index (χ1) is 10.7. The van der Waals surface area contributed by atoms with Crippen LogP contribution in [0.2, 0.25) is 0 Å². The largest absolute Gasteiger partial charge is 0.228 e. The quantitative estimate of drug-likeness (QED) is 0.860. The third kappa shape index (κ3) is 3.72. The van der Waals surface area contributed by atoms with Gasteiger partial charge in [0, 0.05) is 27.2 Å². The predicted molar refractivity (Wildman–Crippen MR) is 89.2 cm³/mol. The van der Waals surface area contributed by atoms with Crippen molar-refractivity contribution in [3.05, 3.63) is 71.8 Å². The molecule has 0 aromatic heterocycles. The average molecular weight is 296 g/mol. The summed E-state index contributed by atoms with van der Waals surface area (Å²) in [6.45, 7) is 3.69. The molecule has 116 valence electrons. The minimum atomic E-state index is 0.901. The highest BCUT2D eigenvalue weighted by Crippen LogP contribution is 2.16. The van der Waals surface area contributed by atoms with Gasteiger partial charge in [-0.25, -0.2) is 20.0 Å². The van der Waals surface area contributed by atoms with Gasteiger partial charge in [0.05, 0.1) is 13.3 Å². The summed E-state index contributed by atoms with van der Waals surface area (Å²) in [5.74, 6) is 0. The Labute approximate surface area is 133 Å². The van der Waals surface area contributed by atoms with Crippen molar-refractivity contribution < 1.29 is 0 Å². The van der Waals surface area contributed by atoms with E-state index in [1.807, 2.05) is 0 Å². The smallest absolute Gasteiger partial charge is 0.0788 e. The molecule has 0 atom stereocenters. The number of nitrogens with zero attached hydrogens (tertiary/aromatic N) is 4. The maximum atomic E-state index is 2.37. The van der Waals surface area contributed by atoms with Crippen LogP contribution < -0.4 is 0 Å². The lowest BCUT2D eigenvalue weighted by molar-refractivity contribution is -0.212. The first kappa shape index (κ1) is 15.2. The molecule has 0 aliphatic carbocycles. The monoisotopic (exact) mass is 296 g/mol. The van der Waals surface area contributed by atoms with Crippen LogP contribution in [-0.4, -0.2) is 47.5 Å². The molecule has 2 aromatic carbocycles. The molecule has 0 bridgehead atoms. The third-order valence-corrected chi connectivity index (χ3v) is 4.12. The van der Waals surface area contributed by atoms with Crippen LogP contribution >= 0.6 is 0 Å². The fourth-order valence-corrected chi connectivity index (χ4v) is 2.80. The molecule has 0 unspecified atom stereocenters. The first-order valence-corrected chi connectivity index (χ1v) is 7.72. The minimum Gasteiger partial charge on any atom is -0.228 e. The molecular formula is C18H24N4. The lowest BCUT2D eigenvalue weighted by Gasteiger charge is -2.47. The highest BCUT2D eigenvalue weighted by atomic mass is 15.8. The molecule has 4 nitrogen and oxygen atoms in total. The Morgan fingerprint density at radius 2 is 1.00 bits per heavy atom. The van der Waals surface area contributed by atoms with E-state index in [1.54, 1.807) is 0 Å². The molecule has 3 rings (SSSR count). The van der Waals surface area contributed by atoms with Gasteiger partial charge in [0.15, 0.2) is 0 Å². The molecule has 1 heterocycles. The number of benzene rings is 2. The fraction of sp³-hybridized carbons (Fsp3) is 0.333. The maximum Gasteiger partial charge on any atom is 0.0788 e. The highest BCUT2D eigenvalue weighted by Gasteiger charge is 2.25. The van der Waals surface area contributed by atoms with Crippen molar-refractivity contribution in [1.29, 1.82) is 0 Å². The van der Waals surface area contributed by atoms with Gasteiger partial charge < -0.3 is 0 Å². The summed E-state index contributed by atoms with van der Waals surface area (Å²) >= 11 is 0. The zero-order valence-electron chi connectivity index (χ0n) is 13.4. The van der Waals surface area contributed by atoms with Crippen LogP contribution in [0.5, 0.6) is 0 Å². The normalized spacial score (nSPS) is 18.6. The van der Waals surface area contributed by atoms with E-state index in [2.05, 4.69) is 94.8 Å². The number of rotatable bonds is 4. The second-order valence-corrected chi connectivity index (χ2v) is 5.90. The Hall–Kier alpha value is -1.72. The molecule has 0 N–H and O–H groups in total. The third-order valence-electron chi connectivity index (χ3n) is 4.12. The molecule has 1 saturated heterocycles. The Bertz CT molecular complexity index is 519. The lowest BCUT2D eigenvalue weighted by atomic mass is 10.2. The van der Waals surface area contributed by atoms with Gasteiger partial charge in [-0.15, -0.1) is 0 Å². The van der Waals surface area contributed by atoms with E-state index in [4.69, 9.17) is 0 Å². The van der Waals surface area contributed by atoms with Crippen molar-refractivity contribution in [2.45, 2.75) is 13.1 Å². The molecule has 0 radical (unpaired) electrons. The zero-order valence-corrected chi connectivity index (χ0v) is 13.4. The SMILES string of the molecule is CN1CN(Cc2ccccc2)N(C)CN1Cc1ccccc1. The number of hydrogen-bond donors (Lipinski definition) is 0. The van der Waals surface area contributed by atoms with Crippen LogP contribution in [0.15, 0.2) is 60.7 Å². The highest BCUT2D eigenvalue weighted by molar-refractivity contribution is 5.15. The van der Waals surface area contributed by atoms with E-state index in [0.717, 1.165) is 26.4 Å². The van der Waals surface area contributed by atoms with Crippen LogP contribution in [0, 0.1) is 0 Å². The second-order valence-electron chi connectivity index (χ2n) is 5.90. The summed E-state index contributed by atoms with van der Waals surface area (Å²) in [5, 5.41) is 9.35. The summed E-state index contributed by atoms with van der Waals surface area (Å²) in [5.41, 5.74) is 2.69. The molecule has 1 aliphatic heterocycles. The summed E-state index contributed by atoms with van der Waals surface area (Å²) < 4.78 is 0. The molecular weight excluding hydrogens is 272 g/mol. The molecule has 4 heteroatoms. The van der Waals surface area contributed by atoms with E-state index in [0.29, 0.717) is 0 Å². The van der Waals surface area contributed by atoms with Gasteiger partial charge in [-0.3, -0.25) is 0 Å². The Morgan fingerprint density at radius 3 is 1.36 bits per heavy atom. The summed E-state index contributed by atoms with van der Waals surface area (Å²) in [6.07, 6.45) is 0. The van der Waals surface area contributed by atoms with Crippen molar-refractivity contribution in [1.82, 2.24) is 20.0 Å². The molecule has 2 aromatic rings. The second kappa shape index (κ2) is 7.03. The van der Waals surface area contributed by atoms with Crippen LogP contribution in [0.1, 0.15) is 11.1 Å². The first-order valence-electron chi connectivity index (χ1n) is 7.72. The lowest BCUT2D eigenvalue weighted by Crippen LogP contribution is -2.60. The predicted octanol–water partition coefficient (Wildman–Crippen LogP) is 2.61. The maximum absolute atomic E-state index is 2.37. The van der Waals surface area contributed by atoms with Crippen molar-refractivity contribution in [3.8, 4) is 0 Å². The molecule has 22 heavy (non-hydrogen) atoms. The Kier molecular flexibility index (Phi) is 4.85. The number of hydrogen-bond acceptors (Lipinski definition) is 4. The van der Waals surface area contributed by atoms with Gasteiger partial charge in [-0.1, -0.05) is 60.7 Å². The Morgan fingerprint density at radius 1 is 0.636 bits per heavy atom. The summed E-state index contributed by atoms with van der Waals surface area (Å²) in [7, 11) is 4.32. The standard InChI is InChI=1S/C18H24N4/c1-19-15-22(14-18-11-7-4-8-12-18)20(2)16-21(19)13-17-9-5-3-6-10-17/h3-12H,13-16H2,1-2H3. The Balaban J connectivity index is 1.61. The topological polar surface area (TPSA) is 13.0 Å². The van der Waals surface area contributed by atoms with Gasteiger partial charge >= 0.3 is 0 Å². The van der Waals surface area contributed by atoms with Crippen LogP contribution in [-0.2, 0) is 13.1 Å². The van der Waals surface area contributed by atoms with E-state index >= 15 is 0 Å². The number of hydrazine groups is 2. The van der Waals surface area contributed by atoms with Crippen LogP contribution in [0.25, 0.3) is 0 Å². The average Bonchev–Trinajstić information content (AvgIpc) is 2.54. The van der Waals surface area contributed by atoms with E-state index in [9.17, 15) is 0 Å². The van der Waals surface area contributed by atoms with Gasteiger partial charge in [-0.05, 0) is 11.1 Å². The minimum absolute atomic E-state index is 0.901. The molecule has 0 amide bonds. The molecule has 1 fully saturated rings. The van der Waals surface area contributed by atoms with Crippen LogP contribution in [0.4, 0.5) is 0 Å². The molecule has 0 spiro atoms. The summed E-state index contributed by atoms with van der Waals surface area (Å²) in [6, 6.07) is 21.3. The summed E-state index contributed by atoms with van der Waals surface area (Å²) in [4.78, 5) is 0. The van der Waals surface area contributed by atoms with Gasteiger partial charge in [0.25, 0.3) is 0 Å². The van der Waals surface area contributed by atoms with Crippen molar-refractivity contribution in [2.24, 2.45) is 0 Å². The molecule has 0 saturated carbocycles. The van der Waals surface area contributed by atoms with Crippen molar-refractivity contribution in [3.63, 3.8) is 0 Å².